The van der Waals surface area contributed by atoms with Crippen molar-refractivity contribution in [2.45, 2.75) is 19.4 Å². The van der Waals surface area contributed by atoms with Crippen LogP contribution in [0, 0.1) is 12.7 Å². The summed E-state index contributed by atoms with van der Waals surface area (Å²) in [6, 6.07) is 11.7. The number of hydrogen-bond acceptors (Lipinski definition) is 6. The molecule has 4 rings (SSSR count). The van der Waals surface area contributed by atoms with Crippen LogP contribution >= 0.6 is 0 Å². The Morgan fingerprint density at radius 1 is 1.28 bits per heavy atom. The van der Waals surface area contributed by atoms with Gasteiger partial charge in [-0.2, -0.15) is 5.10 Å². The van der Waals surface area contributed by atoms with Gasteiger partial charge in [0, 0.05) is 24.6 Å². The van der Waals surface area contributed by atoms with Crippen LogP contribution in [0.25, 0.3) is 5.52 Å². The molecule has 3 heterocycles. The molecule has 0 spiro atoms. The van der Waals surface area contributed by atoms with E-state index in [1.165, 1.54) is 12.1 Å². The number of nitrogens with zero attached hydrogens (tertiary/aromatic N) is 4. The molecule has 0 aliphatic heterocycles. The third-order valence-corrected chi connectivity index (χ3v) is 4.35. The number of aliphatic hydroxyl groups is 1. The summed E-state index contributed by atoms with van der Waals surface area (Å²) >= 11 is 0. The maximum atomic E-state index is 13.4. The van der Waals surface area contributed by atoms with Crippen molar-refractivity contribution >= 4 is 17.2 Å². The van der Waals surface area contributed by atoms with E-state index in [1.807, 2.05) is 31.3 Å². The summed E-state index contributed by atoms with van der Waals surface area (Å²) in [4.78, 5) is 4.68. The Bertz CT molecular complexity index is 1090. The molecule has 0 fully saturated rings. The first-order valence-corrected chi connectivity index (χ1v) is 9.26. The van der Waals surface area contributed by atoms with Crippen LogP contribution in [0.2, 0.25) is 0 Å². The van der Waals surface area contributed by atoms with Crippen molar-refractivity contribution < 1.29 is 14.2 Å². The van der Waals surface area contributed by atoms with Crippen molar-refractivity contribution in [2.24, 2.45) is 0 Å². The van der Waals surface area contributed by atoms with E-state index in [0.29, 0.717) is 30.5 Å². The predicted octanol–water partition coefficient (Wildman–Crippen LogP) is 3.13. The molecule has 1 unspecified atom stereocenters. The molecule has 3 N–H and O–H groups in total. The normalized spacial score (nSPS) is 12.4. The third-order valence-electron chi connectivity index (χ3n) is 4.35. The summed E-state index contributed by atoms with van der Waals surface area (Å²) in [6.45, 7) is 2.24. The van der Waals surface area contributed by atoms with Gasteiger partial charge in [0.25, 0.3) is 0 Å². The highest BCUT2D eigenvalue weighted by Crippen LogP contribution is 2.27. The summed E-state index contributed by atoms with van der Waals surface area (Å²) in [5, 5.41) is 24.0. The highest BCUT2D eigenvalue weighted by molar-refractivity contribution is 5.72. The van der Waals surface area contributed by atoms with Gasteiger partial charge in [0.2, 0.25) is 0 Å². The molecule has 1 aromatic carbocycles. The van der Waals surface area contributed by atoms with E-state index in [4.69, 9.17) is 9.84 Å². The molecule has 0 saturated carbocycles. The van der Waals surface area contributed by atoms with Crippen LogP contribution in [-0.4, -0.2) is 43.1 Å². The highest BCUT2D eigenvalue weighted by atomic mass is 19.1. The number of fused-ring (bicyclic) bond motifs is 1. The van der Waals surface area contributed by atoms with E-state index in [1.54, 1.807) is 16.6 Å². The van der Waals surface area contributed by atoms with E-state index in [2.05, 4.69) is 25.6 Å². The fourth-order valence-electron chi connectivity index (χ4n) is 2.98. The van der Waals surface area contributed by atoms with Gasteiger partial charge in [-0.15, -0.1) is 5.10 Å². The molecule has 29 heavy (non-hydrogen) atoms. The van der Waals surface area contributed by atoms with Crippen LogP contribution in [0.15, 0.2) is 48.7 Å². The molecule has 4 aromatic rings. The minimum absolute atomic E-state index is 0.0128. The number of hydrogen-bond donors (Lipinski definition) is 3. The van der Waals surface area contributed by atoms with Crippen molar-refractivity contribution in [2.75, 3.05) is 18.5 Å². The number of anilines is 2. The van der Waals surface area contributed by atoms with Gasteiger partial charge in [0.1, 0.15) is 17.4 Å². The third kappa shape index (κ3) is 4.25. The summed E-state index contributed by atoms with van der Waals surface area (Å²) in [5.74, 6) is 1.29. The van der Waals surface area contributed by atoms with Crippen LogP contribution < -0.4 is 5.32 Å². The quantitative estimate of drug-likeness (QED) is 0.396. The number of H-pyrrole nitrogens is 1. The predicted molar refractivity (Wildman–Crippen MR) is 105 cm³/mol. The van der Waals surface area contributed by atoms with Crippen molar-refractivity contribution in [1.82, 2.24) is 24.8 Å². The number of ether oxygens (including phenoxy) is 1. The van der Waals surface area contributed by atoms with E-state index < -0.39 is 6.10 Å². The molecule has 1 atom stereocenters. The first kappa shape index (κ1) is 19.0. The Kier molecular flexibility index (Phi) is 5.50. The zero-order valence-corrected chi connectivity index (χ0v) is 15.8. The molecular weight excluding hydrogens is 375 g/mol. The zero-order valence-electron chi connectivity index (χ0n) is 15.8. The zero-order chi connectivity index (χ0) is 20.2. The molecule has 0 bridgehead atoms. The van der Waals surface area contributed by atoms with Crippen LogP contribution in [0.3, 0.4) is 0 Å². The Balaban J connectivity index is 1.74. The molecule has 0 aliphatic carbocycles. The van der Waals surface area contributed by atoms with Crippen LogP contribution in [-0.2, 0) is 4.74 Å². The Hall–Kier alpha value is -3.30. The number of halogens is 1. The average molecular weight is 396 g/mol. The molecule has 0 aliphatic rings. The smallest absolute Gasteiger partial charge is 0.184 e. The lowest BCUT2D eigenvalue weighted by atomic mass is 10.1. The van der Waals surface area contributed by atoms with Gasteiger partial charge in [0.05, 0.1) is 6.61 Å². The van der Waals surface area contributed by atoms with Crippen LogP contribution in [0.5, 0.6) is 0 Å². The Morgan fingerprint density at radius 2 is 2.10 bits per heavy atom. The lowest BCUT2D eigenvalue weighted by molar-refractivity contribution is 0.0623. The number of aliphatic hydroxyl groups excluding tert-OH is 1. The van der Waals surface area contributed by atoms with Gasteiger partial charge >= 0.3 is 0 Å². The maximum Gasteiger partial charge on any atom is 0.184 e. The van der Waals surface area contributed by atoms with Gasteiger partial charge in [-0.25, -0.2) is 13.9 Å². The van der Waals surface area contributed by atoms with Crippen LogP contribution in [0.4, 0.5) is 16.0 Å². The standard InChI is InChI=1S/C20H21FN6O2/c1-13-12-17(25-24-13)22-19-16-4-2-9-27(16)26-20(23-19)18(29-11-3-10-28)14-5-7-15(21)8-6-14/h2,4-9,12,18,28H,3,10-11H2,1H3,(H2,22,23,24,25,26). The molecule has 0 radical (unpaired) electrons. The second kappa shape index (κ2) is 8.38. The minimum Gasteiger partial charge on any atom is -0.396 e. The topological polar surface area (TPSA) is 100 Å². The number of rotatable bonds is 8. The van der Waals surface area contributed by atoms with Gasteiger partial charge in [0.15, 0.2) is 17.5 Å². The fraction of sp³-hybridized carbons (Fsp3) is 0.250. The SMILES string of the molecule is Cc1cc(Nc2nc(C(OCCCO)c3ccc(F)cc3)nn3cccc23)n[nH]1. The Labute approximate surface area is 166 Å². The maximum absolute atomic E-state index is 13.4. The van der Waals surface area contributed by atoms with E-state index in [0.717, 1.165) is 16.8 Å². The van der Waals surface area contributed by atoms with Crippen molar-refractivity contribution in [3.8, 4) is 0 Å². The van der Waals surface area contributed by atoms with E-state index >= 15 is 0 Å². The average Bonchev–Trinajstić information content (AvgIpc) is 3.35. The molecule has 9 heteroatoms. The van der Waals surface area contributed by atoms with Gasteiger partial charge in [-0.3, -0.25) is 5.10 Å². The summed E-state index contributed by atoms with van der Waals surface area (Å²) in [5.41, 5.74) is 2.42. The molecule has 3 aromatic heterocycles. The van der Waals surface area contributed by atoms with Crippen molar-refractivity contribution in [3.05, 3.63) is 71.6 Å². The van der Waals surface area contributed by atoms with Crippen LogP contribution in [0.1, 0.15) is 29.6 Å². The lowest BCUT2D eigenvalue weighted by Crippen LogP contribution is -2.15. The first-order valence-electron chi connectivity index (χ1n) is 9.26. The van der Waals surface area contributed by atoms with Gasteiger partial charge in [-0.05, 0) is 43.2 Å². The lowest BCUT2D eigenvalue weighted by Gasteiger charge is -2.18. The Morgan fingerprint density at radius 3 is 2.83 bits per heavy atom. The molecule has 0 amide bonds. The highest BCUT2D eigenvalue weighted by Gasteiger charge is 2.21. The monoisotopic (exact) mass is 396 g/mol. The molecule has 8 nitrogen and oxygen atoms in total. The number of nitrogens with one attached hydrogen (secondary N) is 2. The number of aromatic nitrogens is 5. The van der Waals surface area contributed by atoms with Gasteiger partial charge < -0.3 is 15.2 Å². The second-order valence-electron chi connectivity index (χ2n) is 6.60. The number of aryl methyl sites for hydroxylation is 1. The fourth-order valence-corrected chi connectivity index (χ4v) is 2.98. The number of benzene rings is 1. The van der Waals surface area contributed by atoms with Crippen molar-refractivity contribution in [3.63, 3.8) is 0 Å². The van der Waals surface area contributed by atoms with Gasteiger partial charge in [-0.1, -0.05) is 12.1 Å². The number of aromatic amines is 1. The summed E-state index contributed by atoms with van der Waals surface area (Å²) in [6.07, 6.45) is 1.67. The molecule has 0 saturated heterocycles. The molecule has 150 valence electrons. The second-order valence-corrected chi connectivity index (χ2v) is 6.60. The summed E-state index contributed by atoms with van der Waals surface area (Å²) in [7, 11) is 0. The minimum atomic E-state index is -0.615. The first-order chi connectivity index (χ1) is 14.1. The van der Waals surface area contributed by atoms with E-state index in [9.17, 15) is 4.39 Å². The van der Waals surface area contributed by atoms with E-state index in [-0.39, 0.29) is 12.4 Å². The largest absolute Gasteiger partial charge is 0.396 e. The van der Waals surface area contributed by atoms with Crippen molar-refractivity contribution in [1.29, 1.82) is 0 Å². The molecular formula is C20H21FN6O2. The summed E-state index contributed by atoms with van der Waals surface area (Å²) < 4.78 is 21.1.